The van der Waals surface area contributed by atoms with Gasteiger partial charge in [0, 0.05) is 21.7 Å². The third-order valence-electron chi connectivity index (χ3n) is 10.2. The highest BCUT2D eigenvalue weighted by atomic mass is 35.5. The van der Waals surface area contributed by atoms with Crippen molar-refractivity contribution in [2.24, 2.45) is 16.7 Å². The van der Waals surface area contributed by atoms with Crippen molar-refractivity contribution in [3.63, 3.8) is 0 Å². The first-order valence-corrected chi connectivity index (χ1v) is 16.3. The number of amides is 1. The highest BCUT2D eigenvalue weighted by Crippen LogP contribution is 2.57. The number of alkyl halides is 3. The molecule has 0 bridgehead atoms. The molecule has 3 aliphatic carbocycles. The van der Waals surface area contributed by atoms with Gasteiger partial charge < -0.3 is 15.2 Å². The van der Waals surface area contributed by atoms with Crippen molar-refractivity contribution in [3.05, 3.63) is 51.3 Å². The van der Waals surface area contributed by atoms with Crippen molar-refractivity contribution in [2.75, 3.05) is 6.61 Å². The van der Waals surface area contributed by atoms with Gasteiger partial charge in [0.2, 0.25) is 0 Å². The van der Waals surface area contributed by atoms with E-state index in [1.165, 1.54) is 12.8 Å². The quantitative estimate of drug-likeness (QED) is 0.266. The summed E-state index contributed by atoms with van der Waals surface area (Å²) in [5.74, 6) is -1.26. The number of nitrogens with zero attached hydrogens (tertiary/aromatic N) is 2. The molecule has 1 aromatic heterocycles. The summed E-state index contributed by atoms with van der Waals surface area (Å²) < 4.78 is 49.8. The minimum Gasteiger partial charge on any atom is -0.466 e. The summed E-state index contributed by atoms with van der Waals surface area (Å²) in [6, 6.07) is 3.66. The smallest absolute Gasteiger partial charge is 0.433 e. The lowest BCUT2D eigenvalue weighted by Crippen LogP contribution is -2.43. The van der Waals surface area contributed by atoms with E-state index < -0.39 is 46.9 Å². The molecular formula is C32H40Cl2F3N3O4. The number of halogens is 5. The van der Waals surface area contributed by atoms with Crippen LogP contribution in [0.2, 0.25) is 10.0 Å². The fourth-order valence-corrected chi connectivity index (χ4v) is 7.87. The maximum Gasteiger partial charge on any atom is 0.433 e. The van der Waals surface area contributed by atoms with E-state index in [0.717, 1.165) is 36.6 Å². The van der Waals surface area contributed by atoms with Crippen LogP contribution < -0.4 is 5.32 Å². The Bertz CT molecular complexity index is 1340. The summed E-state index contributed by atoms with van der Waals surface area (Å²) >= 11 is 12.7. The third-order valence-corrected chi connectivity index (χ3v) is 10.9. The largest absolute Gasteiger partial charge is 0.466 e. The molecule has 1 spiro atoms. The highest BCUT2D eigenvalue weighted by molar-refractivity contribution is 6.36. The van der Waals surface area contributed by atoms with Crippen LogP contribution in [0.5, 0.6) is 0 Å². The van der Waals surface area contributed by atoms with Crippen molar-refractivity contribution >= 4 is 35.1 Å². The Morgan fingerprint density at radius 3 is 2.25 bits per heavy atom. The predicted molar refractivity (Wildman–Crippen MR) is 160 cm³/mol. The number of aliphatic hydroxyl groups is 1. The molecule has 1 heterocycles. The molecule has 3 aliphatic rings. The van der Waals surface area contributed by atoms with Crippen molar-refractivity contribution in [1.29, 1.82) is 0 Å². The standard InChI is InChI=1S/C32H40Cl2F3N3O4/c1-3-44-29(43)30(2)11-9-20(10-12-30)40-27(32(35,36)37)21(18-38-40)28(42)39-24(19-7-13-31(14-8-19)15-16-31)17-25(41)26-22(33)5-4-6-23(26)34/h4-6,18-20,24-25,41H,3,7-17H2,1-2H3,(H,39,42). The van der Waals surface area contributed by atoms with Crippen LogP contribution in [0.15, 0.2) is 24.4 Å². The Balaban J connectivity index is 1.37. The Labute approximate surface area is 265 Å². The number of aromatic nitrogens is 2. The van der Waals surface area contributed by atoms with Gasteiger partial charge in [-0.2, -0.15) is 18.3 Å². The molecule has 0 saturated heterocycles. The molecule has 0 aliphatic heterocycles. The predicted octanol–water partition coefficient (Wildman–Crippen LogP) is 8.09. The van der Waals surface area contributed by atoms with Crippen LogP contribution in [0, 0.1) is 16.7 Å². The topological polar surface area (TPSA) is 93.5 Å². The maximum atomic E-state index is 14.6. The first-order valence-electron chi connectivity index (χ1n) is 15.5. The fourth-order valence-electron chi connectivity index (χ4n) is 7.22. The van der Waals surface area contributed by atoms with Crippen LogP contribution in [0.1, 0.15) is 118 Å². The molecular weight excluding hydrogens is 618 g/mol. The molecule has 5 rings (SSSR count). The molecule has 2 N–H and O–H groups in total. The minimum atomic E-state index is -4.84. The van der Waals surface area contributed by atoms with E-state index in [1.54, 1.807) is 32.0 Å². The number of esters is 1. The molecule has 1 amide bonds. The Morgan fingerprint density at radius 2 is 1.70 bits per heavy atom. The van der Waals surface area contributed by atoms with Crippen LogP contribution >= 0.6 is 23.2 Å². The maximum absolute atomic E-state index is 14.6. The van der Waals surface area contributed by atoms with Gasteiger partial charge in [-0.1, -0.05) is 29.3 Å². The van der Waals surface area contributed by atoms with Gasteiger partial charge >= 0.3 is 12.1 Å². The molecule has 2 unspecified atom stereocenters. The minimum absolute atomic E-state index is 0.0237. The first kappa shape index (κ1) is 33.1. The van der Waals surface area contributed by atoms with E-state index in [1.807, 2.05) is 0 Å². The van der Waals surface area contributed by atoms with Gasteiger partial charge in [-0.15, -0.1) is 0 Å². The van der Waals surface area contributed by atoms with Crippen molar-refractivity contribution < 1.29 is 32.6 Å². The van der Waals surface area contributed by atoms with Crippen LogP contribution in [0.4, 0.5) is 13.2 Å². The van der Waals surface area contributed by atoms with Crippen LogP contribution in [-0.4, -0.2) is 39.4 Å². The second-order valence-electron chi connectivity index (χ2n) is 13.2. The summed E-state index contributed by atoms with van der Waals surface area (Å²) in [6.07, 6.45) is 2.31. The lowest BCUT2D eigenvalue weighted by Gasteiger charge is -2.36. The van der Waals surface area contributed by atoms with E-state index in [-0.39, 0.29) is 35.0 Å². The van der Waals surface area contributed by atoms with E-state index in [0.29, 0.717) is 36.7 Å². The van der Waals surface area contributed by atoms with Gasteiger partial charge in [0.25, 0.3) is 5.91 Å². The average molecular weight is 659 g/mol. The summed E-state index contributed by atoms with van der Waals surface area (Å²) in [5.41, 5.74) is -1.73. The number of hydrogen-bond acceptors (Lipinski definition) is 5. The van der Waals surface area contributed by atoms with Crippen molar-refractivity contribution in [3.8, 4) is 0 Å². The second kappa shape index (κ2) is 12.8. The summed E-state index contributed by atoms with van der Waals surface area (Å²) in [7, 11) is 0. The number of nitrogens with one attached hydrogen (secondary N) is 1. The number of hydrogen-bond donors (Lipinski definition) is 2. The molecule has 7 nitrogen and oxygen atoms in total. The Hall–Kier alpha value is -2.30. The molecule has 12 heteroatoms. The van der Waals surface area contributed by atoms with E-state index in [2.05, 4.69) is 10.4 Å². The van der Waals surface area contributed by atoms with Gasteiger partial charge in [0.15, 0.2) is 5.69 Å². The summed E-state index contributed by atoms with van der Waals surface area (Å²) in [4.78, 5) is 26.1. The first-order chi connectivity index (χ1) is 20.8. The summed E-state index contributed by atoms with van der Waals surface area (Å²) in [5, 5.41) is 18.7. The molecule has 0 radical (unpaired) electrons. The second-order valence-corrected chi connectivity index (χ2v) is 14.0. The van der Waals surface area contributed by atoms with Crippen molar-refractivity contribution in [1.82, 2.24) is 15.1 Å². The molecule has 2 aromatic rings. The van der Waals surface area contributed by atoms with Gasteiger partial charge in [0.1, 0.15) is 0 Å². The van der Waals surface area contributed by atoms with Crippen LogP contribution in [0.25, 0.3) is 0 Å². The molecule has 44 heavy (non-hydrogen) atoms. The van der Waals surface area contributed by atoms with Gasteiger partial charge in [0.05, 0.1) is 35.9 Å². The molecule has 1 aromatic carbocycles. The molecule has 3 saturated carbocycles. The van der Waals surface area contributed by atoms with Gasteiger partial charge in [-0.05, 0) is 108 Å². The zero-order valence-corrected chi connectivity index (χ0v) is 26.6. The zero-order valence-electron chi connectivity index (χ0n) is 25.1. The van der Waals surface area contributed by atoms with Gasteiger partial charge in [-0.3, -0.25) is 14.3 Å². The van der Waals surface area contributed by atoms with Crippen LogP contribution in [-0.2, 0) is 15.7 Å². The van der Waals surface area contributed by atoms with Crippen molar-refractivity contribution in [2.45, 2.75) is 109 Å². The van der Waals surface area contributed by atoms with Gasteiger partial charge in [-0.25, -0.2) is 0 Å². The van der Waals surface area contributed by atoms with Crippen LogP contribution in [0.3, 0.4) is 0 Å². The highest BCUT2D eigenvalue weighted by Gasteiger charge is 2.48. The normalized spacial score (nSPS) is 25.0. The number of ether oxygens (including phenoxy) is 1. The number of carbonyl (C=O) groups is 2. The average Bonchev–Trinajstić information content (AvgIpc) is 3.54. The lowest BCUT2D eigenvalue weighted by molar-refractivity contribution is -0.157. The third kappa shape index (κ3) is 6.92. The molecule has 2 atom stereocenters. The number of rotatable bonds is 9. The summed E-state index contributed by atoms with van der Waals surface area (Å²) in [6.45, 7) is 3.72. The van der Waals surface area contributed by atoms with E-state index >= 15 is 0 Å². The molecule has 3 fully saturated rings. The Kier molecular flexibility index (Phi) is 9.65. The van der Waals surface area contributed by atoms with E-state index in [9.17, 15) is 27.9 Å². The molecule has 242 valence electrons. The number of benzene rings is 1. The monoisotopic (exact) mass is 657 g/mol. The lowest BCUT2D eigenvalue weighted by atomic mass is 9.74. The van der Waals surface area contributed by atoms with E-state index in [4.69, 9.17) is 27.9 Å². The number of carbonyl (C=O) groups excluding carboxylic acids is 2. The zero-order chi connectivity index (χ0) is 31.9. The SMILES string of the molecule is CCOC(=O)C1(C)CCC(n2ncc(C(=O)NC(CC(O)c3c(Cl)cccc3Cl)C3CCC4(CC3)CC4)c2C(F)(F)F)CC1. The fraction of sp³-hybridized carbons (Fsp3) is 0.656. The Morgan fingerprint density at radius 1 is 1.09 bits per heavy atom. The number of aliphatic hydroxyl groups excluding tert-OH is 1.